The third kappa shape index (κ3) is 4.28. The quantitative estimate of drug-likeness (QED) is 0.542. The molecule has 1 amide bonds. The lowest BCUT2D eigenvalue weighted by Crippen LogP contribution is -2.35. The minimum Gasteiger partial charge on any atom is -0.376 e. The maximum Gasteiger partial charge on any atom is 0.267 e. The highest BCUT2D eigenvalue weighted by molar-refractivity contribution is 8.26. The zero-order chi connectivity index (χ0) is 21.3. The fraction of sp³-hybridized carbons (Fsp3) is 0.429. The van der Waals surface area contributed by atoms with Gasteiger partial charge in [0.05, 0.1) is 23.1 Å². The number of thioether (sulfide) groups is 1. The molecular weight excluding hydrogens is 420 g/mol. The molecular formula is C21H24N4O3S2. The lowest BCUT2D eigenvalue weighted by molar-refractivity contribution is -0.123. The minimum atomic E-state index is -0.226. The van der Waals surface area contributed by atoms with Gasteiger partial charge < -0.3 is 10.1 Å². The summed E-state index contributed by atoms with van der Waals surface area (Å²) in [5.41, 5.74) is 0.685. The normalized spacial score (nSPS) is 20.8. The minimum absolute atomic E-state index is 0.0167. The summed E-state index contributed by atoms with van der Waals surface area (Å²) < 4.78 is 7.63. The van der Waals surface area contributed by atoms with Gasteiger partial charge in [0.1, 0.15) is 15.8 Å². The number of carbonyl (C=O) groups excluding carboxylic acids is 1. The predicted octanol–water partition coefficient (Wildman–Crippen LogP) is 3.14. The standard InChI is InChI=1S/C21H24N4O3S2/c1-13(2)11-22-18-15(19(26)24-8-4-3-7-17(24)23-18)10-16-20(27)25(21(29)30-16)12-14-6-5-9-28-14/h3-4,7-8,10,13-14,22H,5-6,9,11-12H2,1-2H3/b16-10-/t14-/m0/s1. The van der Waals surface area contributed by atoms with Gasteiger partial charge in [-0.1, -0.05) is 43.9 Å². The molecule has 4 rings (SSSR count). The molecule has 9 heteroatoms. The van der Waals surface area contributed by atoms with E-state index in [0.717, 1.165) is 19.4 Å². The van der Waals surface area contributed by atoms with E-state index in [9.17, 15) is 9.59 Å². The van der Waals surface area contributed by atoms with E-state index in [2.05, 4.69) is 24.1 Å². The Morgan fingerprint density at radius 1 is 1.40 bits per heavy atom. The Morgan fingerprint density at radius 2 is 2.23 bits per heavy atom. The number of carbonyl (C=O) groups is 1. The van der Waals surface area contributed by atoms with Gasteiger partial charge in [-0.2, -0.15) is 0 Å². The van der Waals surface area contributed by atoms with Crippen LogP contribution in [-0.4, -0.2) is 50.3 Å². The fourth-order valence-electron chi connectivity index (χ4n) is 3.45. The first-order chi connectivity index (χ1) is 14.4. The van der Waals surface area contributed by atoms with Crippen molar-refractivity contribution in [1.29, 1.82) is 0 Å². The molecule has 1 atom stereocenters. The number of pyridine rings is 1. The van der Waals surface area contributed by atoms with Crippen LogP contribution in [0.4, 0.5) is 5.82 Å². The van der Waals surface area contributed by atoms with Crippen LogP contribution in [0.2, 0.25) is 0 Å². The van der Waals surface area contributed by atoms with Crippen LogP contribution in [0.25, 0.3) is 11.7 Å². The van der Waals surface area contributed by atoms with Crippen molar-refractivity contribution in [3.63, 3.8) is 0 Å². The predicted molar refractivity (Wildman–Crippen MR) is 124 cm³/mol. The number of anilines is 1. The molecule has 0 bridgehead atoms. The van der Waals surface area contributed by atoms with Crippen LogP contribution in [0.1, 0.15) is 32.3 Å². The fourth-order valence-corrected chi connectivity index (χ4v) is 4.71. The summed E-state index contributed by atoms with van der Waals surface area (Å²) >= 11 is 6.65. The van der Waals surface area contributed by atoms with E-state index in [1.807, 2.05) is 6.07 Å². The molecule has 0 saturated carbocycles. The molecule has 2 saturated heterocycles. The number of ether oxygens (including phenoxy) is 1. The number of fused-ring (bicyclic) bond motifs is 1. The van der Waals surface area contributed by atoms with Gasteiger partial charge in [0.25, 0.3) is 11.5 Å². The number of rotatable bonds is 6. The largest absolute Gasteiger partial charge is 0.376 e. The second-order valence-corrected chi connectivity index (χ2v) is 9.49. The summed E-state index contributed by atoms with van der Waals surface area (Å²) in [6.45, 7) is 6.00. The molecule has 0 aromatic carbocycles. The van der Waals surface area contributed by atoms with Crippen molar-refractivity contribution >= 4 is 51.7 Å². The Morgan fingerprint density at radius 3 is 2.97 bits per heavy atom. The molecule has 1 N–H and O–H groups in total. The average molecular weight is 445 g/mol. The number of amides is 1. The van der Waals surface area contributed by atoms with Crippen molar-refractivity contribution in [3.8, 4) is 0 Å². The third-order valence-corrected chi connectivity index (χ3v) is 6.38. The summed E-state index contributed by atoms with van der Waals surface area (Å²) in [6, 6.07) is 5.40. The molecule has 30 heavy (non-hydrogen) atoms. The van der Waals surface area contributed by atoms with E-state index in [4.69, 9.17) is 17.0 Å². The van der Waals surface area contributed by atoms with Gasteiger partial charge in [0, 0.05) is 19.3 Å². The Kier molecular flexibility index (Phi) is 6.21. The van der Waals surface area contributed by atoms with Gasteiger partial charge in [-0.3, -0.25) is 18.9 Å². The highest BCUT2D eigenvalue weighted by Gasteiger charge is 2.35. The Bertz CT molecular complexity index is 1070. The van der Waals surface area contributed by atoms with E-state index in [1.54, 1.807) is 29.3 Å². The molecule has 2 aromatic heterocycles. The number of hydrogen-bond donors (Lipinski definition) is 1. The number of aromatic nitrogens is 2. The molecule has 4 heterocycles. The first kappa shape index (κ1) is 21.0. The van der Waals surface area contributed by atoms with E-state index in [-0.39, 0.29) is 17.6 Å². The molecule has 2 aliphatic heterocycles. The Labute approximate surface area is 184 Å². The van der Waals surface area contributed by atoms with Crippen LogP contribution in [-0.2, 0) is 9.53 Å². The van der Waals surface area contributed by atoms with Gasteiger partial charge in [-0.15, -0.1) is 0 Å². The monoisotopic (exact) mass is 444 g/mol. The second-order valence-electron chi connectivity index (χ2n) is 7.81. The van der Waals surface area contributed by atoms with Gasteiger partial charge in [0.2, 0.25) is 0 Å². The summed E-state index contributed by atoms with van der Waals surface area (Å²) in [6.07, 6.45) is 5.24. The van der Waals surface area contributed by atoms with Crippen LogP contribution in [0.3, 0.4) is 0 Å². The lowest BCUT2D eigenvalue weighted by atomic mass is 10.2. The molecule has 0 aliphatic carbocycles. The lowest BCUT2D eigenvalue weighted by Gasteiger charge is -2.18. The van der Waals surface area contributed by atoms with Gasteiger partial charge in [-0.25, -0.2) is 4.98 Å². The van der Waals surface area contributed by atoms with E-state index >= 15 is 0 Å². The second kappa shape index (κ2) is 8.87. The van der Waals surface area contributed by atoms with E-state index in [1.165, 1.54) is 16.2 Å². The maximum atomic E-state index is 13.2. The SMILES string of the molecule is CC(C)CNc1nc2ccccn2c(=O)c1/C=C1\SC(=S)N(C[C@@H]2CCCO2)C1=O. The average Bonchev–Trinajstić information content (AvgIpc) is 3.33. The van der Waals surface area contributed by atoms with Crippen LogP contribution in [0, 0.1) is 5.92 Å². The van der Waals surface area contributed by atoms with Crippen LogP contribution < -0.4 is 10.9 Å². The highest BCUT2D eigenvalue weighted by atomic mass is 32.2. The Hall–Kier alpha value is -2.23. The molecule has 158 valence electrons. The van der Waals surface area contributed by atoms with Gasteiger partial charge >= 0.3 is 0 Å². The van der Waals surface area contributed by atoms with Crippen molar-refractivity contribution in [1.82, 2.24) is 14.3 Å². The van der Waals surface area contributed by atoms with Crippen LogP contribution >= 0.6 is 24.0 Å². The summed E-state index contributed by atoms with van der Waals surface area (Å²) in [5, 5.41) is 3.26. The Balaban J connectivity index is 1.70. The summed E-state index contributed by atoms with van der Waals surface area (Å²) in [7, 11) is 0. The smallest absolute Gasteiger partial charge is 0.267 e. The number of hydrogen-bond acceptors (Lipinski definition) is 7. The van der Waals surface area contributed by atoms with Crippen molar-refractivity contribution in [2.75, 3.05) is 25.0 Å². The van der Waals surface area contributed by atoms with Crippen molar-refractivity contribution in [3.05, 3.63) is 45.2 Å². The molecule has 2 aromatic rings. The van der Waals surface area contributed by atoms with Crippen LogP contribution in [0.5, 0.6) is 0 Å². The highest BCUT2D eigenvalue weighted by Crippen LogP contribution is 2.34. The van der Waals surface area contributed by atoms with E-state index < -0.39 is 0 Å². The molecule has 0 radical (unpaired) electrons. The van der Waals surface area contributed by atoms with E-state index in [0.29, 0.717) is 45.3 Å². The van der Waals surface area contributed by atoms with Crippen molar-refractivity contribution in [2.24, 2.45) is 5.92 Å². The number of thiocarbonyl (C=S) groups is 1. The summed E-state index contributed by atoms with van der Waals surface area (Å²) in [5.74, 6) is 0.663. The first-order valence-electron chi connectivity index (χ1n) is 10.1. The number of nitrogens with one attached hydrogen (secondary N) is 1. The topological polar surface area (TPSA) is 75.9 Å². The maximum absolute atomic E-state index is 13.2. The zero-order valence-electron chi connectivity index (χ0n) is 17.0. The molecule has 7 nitrogen and oxygen atoms in total. The van der Waals surface area contributed by atoms with Crippen molar-refractivity contribution in [2.45, 2.75) is 32.8 Å². The zero-order valence-corrected chi connectivity index (χ0v) is 18.6. The molecule has 2 fully saturated rings. The summed E-state index contributed by atoms with van der Waals surface area (Å²) in [4.78, 5) is 32.8. The number of nitrogens with zero attached hydrogens (tertiary/aromatic N) is 3. The third-order valence-electron chi connectivity index (χ3n) is 5.01. The molecule has 0 spiro atoms. The van der Waals surface area contributed by atoms with Gasteiger partial charge in [-0.05, 0) is 37.0 Å². The van der Waals surface area contributed by atoms with Gasteiger partial charge in [0.15, 0.2) is 0 Å². The first-order valence-corrected chi connectivity index (χ1v) is 11.3. The van der Waals surface area contributed by atoms with Crippen LogP contribution in [0.15, 0.2) is 34.1 Å². The molecule has 0 unspecified atom stereocenters. The van der Waals surface area contributed by atoms with Crippen molar-refractivity contribution < 1.29 is 9.53 Å². The molecule has 2 aliphatic rings.